The zero-order chi connectivity index (χ0) is 14.7. The van der Waals surface area contributed by atoms with E-state index >= 15 is 0 Å². The highest BCUT2D eigenvalue weighted by molar-refractivity contribution is 6.30. The number of hydrogen-bond acceptors (Lipinski definition) is 2. The lowest BCUT2D eigenvalue weighted by atomic mass is 10.1. The SMILES string of the molecule is Cc1cc(Cl)ccc1NCc1ccc(-n2ccnc2)cc1. The van der Waals surface area contributed by atoms with Crippen molar-refractivity contribution in [2.75, 3.05) is 5.32 Å². The zero-order valence-electron chi connectivity index (χ0n) is 11.8. The molecule has 3 rings (SSSR count). The van der Waals surface area contributed by atoms with Crippen molar-refractivity contribution in [1.82, 2.24) is 9.55 Å². The second kappa shape index (κ2) is 6.02. The van der Waals surface area contributed by atoms with E-state index in [4.69, 9.17) is 11.6 Å². The van der Waals surface area contributed by atoms with Gasteiger partial charge < -0.3 is 9.88 Å². The highest BCUT2D eigenvalue weighted by Crippen LogP contribution is 2.20. The monoisotopic (exact) mass is 297 g/mol. The first-order valence-corrected chi connectivity index (χ1v) is 7.17. The van der Waals surface area contributed by atoms with Gasteiger partial charge in [-0.25, -0.2) is 4.98 Å². The van der Waals surface area contributed by atoms with Crippen LogP contribution in [0.4, 0.5) is 5.69 Å². The molecule has 3 aromatic rings. The lowest BCUT2D eigenvalue weighted by Crippen LogP contribution is -2.01. The molecule has 0 saturated carbocycles. The van der Waals surface area contributed by atoms with E-state index < -0.39 is 0 Å². The third-order valence-electron chi connectivity index (χ3n) is 3.41. The van der Waals surface area contributed by atoms with Crippen LogP contribution in [0.2, 0.25) is 5.02 Å². The third kappa shape index (κ3) is 3.26. The second-order valence-electron chi connectivity index (χ2n) is 4.95. The molecule has 0 radical (unpaired) electrons. The van der Waals surface area contributed by atoms with E-state index in [-0.39, 0.29) is 0 Å². The molecule has 0 bridgehead atoms. The van der Waals surface area contributed by atoms with E-state index in [0.717, 1.165) is 28.5 Å². The van der Waals surface area contributed by atoms with E-state index in [1.165, 1.54) is 5.56 Å². The standard InChI is InChI=1S/C17H16ClN3/c1-13-10-15(18)4-7-17(13)20-11-14-2-5-16(6-3-14)21-9-8-19-12-21/h2-10,12,20H,11H2,1H3. The molecule has 0 amide bonds. The van der Waals surface area contributed by atoms with Crippen LogP contribution in [0.3, 0.4) is 0 Å². The molecular weight excluding hydrogens is 282 g/mol. The Morgan fingerprint density at radius 3 is 2.62 bits per heavy atom. The van der Waals surface area contributed by atoms with Gasteiger partial charge in [-0.1, -0.05) is 23.7 Å². The summed E-state index contributed by atoms with van der Waals surface area (Å²) < 4.78 is 1.99. The normalized spacial score (nSPS) is 10.6. The minimum atomic E-state index is 0.766. The Morgan fingerprint density at radius 2 is 1.95 bits per heavy atom. The van der Waals surface area contributed by atoms with Crippen LogP contribution in [0, 0.1) is 6.92 Å². The highest BCUT2D eigenvalue weighted by Gasteiger charge is 2.00. The average molecular weight is 298 g/mol. The Hall–Kier alpha value is -2.26. The average Bonchev–Trinajstić information content (AvgIpc) is 3.01. The first kappa shape index (κ1) is 13.7. The number of anilines is 1. The van der Waals surface area contributed by atoms with Crippen molar-refractivity contribution < 1.29 is 0 Å². The zero-order valence-corrected chi connectivity index (χ0v) is 12.5. The second-order valence-corrected chi connectivity index (χ2v) is 5.39. The summed E-state index contributed by atoms with van der Waals surface area (Å²) in [6.07, 6.45) is 5.51. The number of hydrogen-bond donors (Lipinski definition) is 1. The summed E-state index contributed by atoms with van der Waals surface area (Å²) in [5.41, 5.74) is 4.60. The lowest BCUT2D eigenvalue weighted by Gasteiger charge is -2.10. The fourth-order valence-electron chi connectivity index (χ4n) is 2.22. The molecule has 0 aliphatic heterocycles. The van der Waals surface area contributed by atoms with Crippen molar-refractivity contribution in [1.29, 1.82) is 0 Å². The number of benzene rings is 2. The molecule has 106 valence electrons. The van der Waals surface area contributed by atoms with E-state index in [1.54, 1.807) is 12.5 Å². The van der Waals surface area contributed by atoms with Crippen LogP contribution in [0.1, 0.15) is 11.1 Å². The van der Waals surface area contributed by atoms with E-state index in [2.05, 4.69) is 41.5 Å². The number of aromatic nitrogens is 2. The Morgan fingerprint density at radius 1 is 1.14 bits per heavy atom. The Balaban J connectivity index is 1.68. The molecule has 0 fully saturated rings. The van der Waals surface area contributed by atoms with Crippen LogP contribution in [0.25, 0.3) is 5.69 Å². The maximum atomic E-state index is 5.97. The predicted octanol–water partition coefficient (Wildman–Crippen LogP) is 4.45. The number of nitrogens with zero attached hydrogens (tertiary/aromatic N) is 2. The quantitative estimate of drug-likeness (QED) is 0.771. The minimum absolute atomic E-state index is 0.766. The number of aryl methyl sites for hydroxylation is 1. The molecule has 3 nitrogen and oxygen atoms in total. The summed E-state index contributed by atoms with van der Waals surface area (Å²) in [4.78, 5) is 4.05. The highest BCUT2D eigenvalue weighted by atomic mass is 35.5. The Kier molecular flexibility index (Phi) is 3.93. The first-order chi connectivity index (χ1) is 10.2. The van der Waals surface area contributed by atoms with Gasteiger partial charge in [-0.2, -0.15) is 0 Å². The van der Waals surface area contributed by atoms with Crippen molar-refractivity contribution in [3.05, 3.63) is 77.3 Å². The molecule has 0 spiro atoms. The van der Waals surface area contributed by atoms with Gasteiger partial charge in [0.15, 0.2) is 0 Å². The van der Waals surface area contributed by atoms with Crippen molar-refractivity contribution in [3.8, 4) is 5.69 Å². The van der Waals surface area contributed by atoms with Crippen LogP contribution < -0.4 is 5.32 Å². The summed E-state index contributed by atoms with van der Waals surface area (Å²) in [5.74, 6) is 0. The molecule has 0 unspecified atom stereocenters. The molecule has 0 atom stereocenters. The number of rotatable bonds is 4. The molecular formula is C17H16ClN3. The predicted molar refractivity (Wildman–Crippen MR) is 87.1 cm³/mol. The number of halogens is 1. The third-order valence-corrected chi connectivity index (χ3v) is 3.65. The summed E-state index contributed by atoms with van der Waals surface area (Å²) in [6, 6.07) is 14.3. The summed E-state index contributed by atoms with van der Waals surface area (Å²) in [6.45, 7) is 2.84. The molecule has 2 aromatic carbocycles. The van der Waals surface area contributed by atoms with Gasteiger partial charge in [-0.3, -0.25) is 0 Å². The van der Waals surface area contributed by atoms with Gasteiger partial charge in [0.25, 0.3) is 0 Å². The van der Waals surface area contributed by atoms with Crippen molar-refractivity contribution in [2.45, 2.75) is 13.5 Å². The van der Waals surface area contributed by atoms with Gasteiger partial charge in [-0.05, 0) is 48.4 Å². The van der Waals surface area contributed by atoms with Crippen molar-refractivity contribution >= 4 is 17.3 Å². The van der Waals surface area contributed by atoms with Crippen LogP contribution in [-0.4, -0.2) is 9.55 Å². The molecule has 0 aliphatic rings. The molecule has 0 aliphatic carbocycles. The van der Waals surface area contributed by atoms with E-state index in [9.17, 15) is 0 Å². The van der Waals surface area contributed by atoms with Crippen LogP contribution in [0.15, 0.2) is 61.2 Å². The van der Waals surface area contributed by atoms with E-state index in [1.807, 2.05) is 29.0 Å². The molecule has 1 aromatic heterocycles. The van der Waals surface area contributed by atoms with Gasteiger partial charge in [-0.15, -0.1) is 0 Å². The summed E-state index contributed by atoms with van der Waals surface area (Å²) in [5, 5.41) is 4.20. The van der Waals surface area contributed by atoms with Gasteiger partial charge in [0.2, 0.25) is 0 Å². The van der Waals surface area contributed by atoms with Gasteiger partial charge >= 0.3 is 0 Å². The fraction of sp³-hybridized carbons (Fsp3) is 0.118. The van der Waals surface area contributed by atoms with Gasteiger partial charge in [0.1, 0.15) is 0 Å². The Bertz CT molecular complexity index is 718. The van der Waals surface area contributed by atoms with Crippen LogP contribution in [0.5, 0.6) is 0 Å². The van der Waals surface area contributed by atoms with Crippen LogP contribution >= 0.6 is 11.6 Å². The fourth-order valence-corrected chi connectivity index (χ4v) is 2.45. The molecule has 21 heavy (non-hydrogen) atoms. The smallest absolute Gasteiger partial charge is 0.0991 e. The van der Waals surface area contributed by atoms with Gasteiger partial charge in [0, 0.05) is 35.3 Å². The Labute approximate surface area is 129 Å². The lowest BCUT2D eigenvalue weighted by molar-refractivity contribution is 1.05. The number of nitrogens with one attached hydrogen (secondary N) is 1. The number of imidazole rings is 1. The summed E-state index contributed by atoms with van der Waals surface area (Å²) in [7, 11) is 0. The maximum Gasteiger partial charge on any atom is 0.0991 e. The first-order valence-electron chi connectivity index (χ1n) is 6.80. The largest absolute Gasteiger partial charge is 0.381 e. The topological polar surface area (TPSA) is 29.9 Å². The summed E-state index contributed by atoms with van der Waals surface area (Å²) >= 11 is 5.97. The van der Waals surface area contributed by atoms with Crippen molar-refractivity contribution in [3.63, 3.8) is 0 Å². The van der Waals surface area contributed by atoms with Crippen LogP contribution in [-0.2, 0) is 6.54 Å². The minimum Gasteiger partial charge on any atom is -0.381 e. The van der Waals surface area contributed by atoms with E-state index in [0.29, 0.717) is 0 Å². The molecule has 0 saturated heterocycles. The van der Waals surface area contributed by atoms with Gasteiger partial charge in [0.05, 0.1) is 6.33 Å². The maximum absolute atomic E-state index is 5.97. The van der Waals surface area contributed by atoms with Crippen molar-refractivity contribution in [2.24, 2.45) is 0 Å². The molecule has 1 heterocycles. The molecule has 4 heteroatoms. The molecule has 1 N–H and O–H groups in total.